The highest BCUT2D eigenvalue weighted by molar-refractivity contribution is 5.78. The van der Waals surface area contributed by atoms with Crippen LogP contribution >= 0.6 is 0 Å². The van der Waals surface area contributed by atoms with E-state index in [9.17, 15) is 13.6 Å². The van der Waals surface area contributed by atoms with Crippen LogP contribution in [-0.4, -0.2) is 38.3 Å². The molecule has 116 valence electrons. The first kappa shape index (κ1) is 15.9. The van der Waals surface area contributed by atoms with Crippen molar-refractivity contribution in [3.8, 4) is 0 Å². The van der Waals surface area contributed by atoms with Gasteiger partial charge >= 0.3 is 0 Å². The summed E-state index contributed by atoms with van der Waals surface area (Å²) in [4.78, 5) is 11.7. The summed E-state index contributed by atoms with van der Waals surface area (Å²) in [7, 11) is 0. The average Bonchev–Trinajstić information content (AvgIpc) is 2.44. The van der Waals surface area contributed by atoms with Gasteiger partial charge in [0.1, 0.15) is 11.6 Å². The molecule has 0 bridgehead atoms. The monoisotopic (exact) mass is 298 g/mol. The van der Waals surface area contributed by atoms with Gasteiger partial charge in [0.2, 0.25) is 5.91 Å². The van der Waals surface area contributed by atoms with Gasteiger partial charge in [0.25, 0.3) is 0 Å². The summed E-state index contributed by atoms with van der Waals surface area (Å²) in [6.07, 6.45) is 2.15. The van der Waals surface area contributed by atoms with Gasteiger partial charge in [-0.05, 0) is 43.5 Å². The zero-order valence-corrected chi connectivity index (χ0v) is 11.8. The van der Waals surface area contributed by atoms with Gasteiger partial charge in [0.05, 0.1) is 6.54 Å². The summed E-state index contributed by atoms with van der Waals surface area (Å²) in [5, 5.41) is 5.91. The van der Waals surface area contributed by atoms with Gasteiger partial charge in [0.15, 0.2) is 0 Å². The fraction of sp³-hybridized carbons (Fsp3) is 0.533. The Bertz CT molecular complexity index is 456. The molecule has 0 radical (unpaired) electrons. The van der Waals surface area contributed by atoms with Crippen LogP contribution in [0.25, 0.3) is 0 Å². The lowest BCUT2D eigenvalue weighted by Gasteiger charge is -2.23. The van der Waals surface area contributed by atoms with E-state index < -0.39 is 11.6 Å². The van der Waals surface area contributed by atoms with Crippen LogP contribution in [0, 0.1) is 11.6 Å². The van der Waals surface area contributed by atoms with E-state index in [0.717, 1.165) is 18.9 Å². The second-order valence-electron chi connectivity index (χ2n) is 5.16. The Morgan fingerprint density at radius 2 is 1.86 bits per heavy atom. The SMILES string of the molecule is O=C(CNCCc1cc(F)cc(F)c1)NC1CCOCC1. The third kappa shape index (κ3) is 5.77. The molecule has 2 N–H and O–H groups in total. The number of hydrogen-bond acceptors (Lipinski definition) is 3. The quantitative estimate of drug-likeness (QED) is 0.780. The number of amides is 1. The molecule has 1 aliphatic heterocycles. The zero-order valence-electron chi connectivity index (χ0n) is 11.8. The van der Waals surface area contributed by atoms with Crippen LogP contribution in [0.5, 0.6) is 0 Å². The van der Waals surface area contributed by atoms with E-state index in [0.29, 0.717) is 31.7 Å². The van der Waals surface area contributed by atoms with E-state index >= 15 is 0 Å². The summed E-state index contributed by atoms with van der Waals surface area (Å²) in [5.74, 6) is -1.23. The van der Waals surface area contributed by atoms with Gasteiger partial charge in [0, 0.05) is 25.3 Å². The van der Waals surface area contributed by atoms with E-state index in [-0.39, 0.29) is 18.5 Å². The number of ether oxygens (including phenoxy) is 1. The van der Waals surface area contributed by atoms with Gasteiger partial charge in [-0.25, -0.2) is 8.78 Å². The van der Waals surface area contributed by atoms with Crippen LogP contribution in [-0.2, 0) is 16.0 Å². The Morgan fingerprint density at radius 1 is 1.19 bits per heavy atom. The highest BCUT2D eigenvalue weighted by Crippen LogP contribution is 2.08. The van der Waals surface area contributed by atoms with Gasteiger partial charge in [-0.1, -0.05) is 0 Å². The summed E-state index contributed by atoms with van der Waals surface area (Å²) >= 11 is 0. The third-order valence-electron chi connectivity index (χ3n) is 3.38. The number of hydrogen-bond donors (Lipinski definition) is 2. The number of nitrogens with one attached hydrogen (secondary N) is 2. The van der Waals surface area contributed by atoms with Crippen LogP contribution in [0.15, 0.2) is 18.2 Å². The molecule has 0 unspecified atom stereocenters. The molecule has 0 aromatic heterocycles. The third-order valence-corrected chi connectivity index (χ3v) is 3.38. The normalized spacial score (nSPS) is 15.9. The van der Waals surface area contributed by atoms with E-state index in [1.165, 1.54) is 12.1 Å². The Balaban J connectivity index is 1.63. The van der Waals surface area contributed by atoms with Crippen molar-refractivity contribution in [1.29, 1.82) is 0 Å². The lowest BCUT2D eigenvalue weighted by atomic mass is 10.1. The largest absolute Gasteiger partial charge is 0.381 e. The first-order valence-electron chi connectivity index (χ1n) is 7.16. The first-order valence-corrected chi connectivity index (χ1v) is 7.16. The van der Waals surface area contributed by atoms with Crippen molar-refractivity contribution in [2.45, 2.75) is 25.3 Å². The van der Waals surface area contributed by atoms with E-state index in [1.54, 1.807) is 0 Å². The molecule has 1 aliphatic rings. The zero-order chi connectivity index (χ0) is 15.1. The number of carbonyl (C=O) groups is 1. The Morgan fingerprint density at radius 3 is 2.52 bits per heavy atom. The fourth-order valence-corrected chi connectivity index (χ4v) is 2.31. The Labute approximate surface area is 122 Å². The molecule has 21 heavy (non-hydrogen) atoms. The summed E-state index contributed by atoms with van der Waals surface area (Å²) in [6.45, 7) is 2.06. The van der Waals surface area contributed by atoms with E-state index in [4.69, 9.17) is 4.74 Å². The highest BCUT2D eigenvalue weighted by atomic mass is 19.1. The average molecular weight is 298 g/mol. The van der Waals surface area contributed by atoms with Gasteiger partial charge in [-0.2, -0.15) is 0 Å². The van der Waals surface area contributed by atoms with Crippen molar-refractivity contribution in [1.82, 2.24) is 10.6 Å². The Hall–Kier alpha value is -1.53. The molecule has 1 amide bonds. The first-order chi connectivity index (χ1) is 10.1. The minimum absolute atomic E-state index is 0.0627. The van der Waals surface area contributed by atoms with Crippen LogP contribution in [0.4, 0.5) is 8.78 Å². The predicted octanol–water partition coefficient (Wildman–Crippen LogP) is 1.39. The van der Waals surface area contributed by atoms with Crippen LogP contribution in [0.2, 0.25) is 0 Å². The molecule has 1 aromatic carbocycles. The number of carbonyl (C=O) groups excluding carboxylic acids is 1. The standard InChI is InChI=1S/C15H20F2N2O2/c16-12-7-11(8-13(17)9-12)1-4-18-10-15(20)19-14-2-5-21-6-3-14/h7-9,14,18H,1-6,10H2,(H,19,20). The molecule has 0 spiro atoms. The van der Waals surface area contributed by atoms with Crippen molar-refractivity contribution in [2.24, 2.45) is 0 Å². The molecular weight excluding hydrogens is 278 g/mol. The van der Waals surface area contributed by atoms with E-state index in [1.807, 2.05) is 0 Å². The van der Waals surface area contributed by atoms with Crippen LogP contribution in [0.3, 0.4) is 0 Å². The second-order valence-corrected chi connectivity index (χ2v) is 5.16. The van der Waals surface area contributed by atoms with Crippen LogP contribution in [0.1, 0.15) is 18.4 Å². The maximum Gasteiger partial charge on any atom is 0.234 e. The highest BCUT2D eigenvalue weighted by Gasteiger charge is 2.15. The lowest BCUT2D eigenvalue weighted by molar-refractivity contribution is -0.121. The van der Waals surface area contributed by atoms with Crippen molar-refractivity contribution in [2.75, 3.05) is 26.3 Å². The fourth-order valence-electron chi connectivity index (χ4n) is 2.31. The van der Waals surface area contributed by atoms with Gasteiger partial charge in [-0.3, -0.25) is 4.79 Å². The van der Waals surface area contributed by atoms with Crippen molar-refractivity contribution in [3.63, 3.8) is 0 Å². The molecule has 1 heterocycles. The molecule has 1 aromatic rings. The molecule has 2 rings (SSSR count). The van der Waals surface area contributed by atoms with Gasteiger partial charge < -0.3 is 15.4 Å². The lowest BCUT2D eigenvalue weighted by Crippen LogP contribution is -2.43. The molecule has 0 atom stereocenters. The molecule has 0 saturated carbocycles. The van der Waals surface area contributed by atoms with Gasteiger partial charge in [-0.15, -0.1) is 0 Å². The minimum atomic E-state index is -0.581. The second kappa shape index (κ2) is 8.05. The summed E-state index contributed by atoms with van der Waals surface area (Å²) < 4.78 is 31.2. The molecule has 1 saturated heterocycles. The number of benzene rings is 1. The summed E-state index contributed by atoms with van der Waals surface area (Å²) in [5.41, 5.74) is 0.574. The minimum Gasteiger partial charge on any atom is -0.381 e. The van der Waals surface area contributed by atoms with Crippen molar-refractivity contribution < 1.29 is 18.3 Å². The maximum absolute atomic E-state index is 13.0. The van der Waals surface area contributed by atoms with Crippen LogP contribution < -0.4 is 10.6 Å². The predicted molar refractivity (Wildman–Crippen MR) is 74.9 cm³/mol. The van der Waals surface area contributed by atoms with Crippen molar-refractivity contribution in [3.05, 3.63) is 35.4 Å². The van der Waals surface area contributed by atoms with E-state index in [2.05, 4.69) is 10.6 Å². The number of rotatable bonds is 6. The molecule has 0 aliphatic carbocycles. The Kier molecular flexibility index (Phi) is 6.07. The smallest absolute Gasteiger partial charge is 0.234 e. The van der Waals surface area contributed by atoms with Crippen molar-refractivity contribution >= 4 is 5.91 Å². The molecular formula is C15H20F2N2O2. The topological polar surface area (TPSA) is 50.4 Å². The maximum atomic E-state index is 13.0. The summed E-state index contributed by atoms with van der Waals surface area (Å²) in [6, 6.07) is 3.63. The molecule has 4 nitrogen and oxygen atoms in total. The molecule has 6 heteroatoms. The number of halogens is 2. The molecule has 1 fully saturated rings.